The minimum atomic E-state index is -0.992. The molecule has 1 aromatic rings. The Morgan fingerprint density at radius 1 is 1.33 bits per heavy atom. The number of benzene rings is 1. The molecule has 98 valence electrons. The van der Waals surface area contributed by atoms with Crippen LogP contribution < -0.4 is 11.1 Å². The lowest BCUT2D eigenvalue weighted by Gasteiger charge is -2.25. The summed E-state index contributed by atoms with van der Waals surface area (Å²) in [5.74, 6) is -2.61. The van der Waals surface area contributed by atoms with Crippen LogP contribution in [-0.2, 0) is 0 Å². The Kier molecular flexibility index (Phi) is 3.24. The van der Waals surface area contributed by atoms with Crippen LogP contribution in [0.25, 0.3) is 0 Å². The van der Waals surface area contributed by atoms with Crippen molar-refractivity contribution < 1.29 is 13.6 Å². The summed E-state index contributed by atoms with van der Waals surface area (Å²) in [6.07, 6.45) is 3.67. The van der Waals surface area contributed by atoms with Gasteiger partial charge < -0.3 is 11.1 Å². The van der Waals surface area contributed by atoms with Gasteiger partial charge in [-0.2, -0.15) is 0 Å². The van der Waals surface area contributed by atoms with Crippen molar-refractivity contribution in [1.29, 1.82) is 0 Å². The molecule has 0 radical (unpaired) electrons. The normalized spacial score (nSPS) is 17.7. The molecule has 3 nitrogen and oxygen atoms in total. The van der Waals surface area contributed by atoms with Crippen LogP contribution in [0.4, 0.5) is 14.5 Å². The molecule has 0 saturated heterocycles. The maximum atomic E-state index is 13.7. The van der Waals surface area contributed by atoms with Gasteiger partial charge >= 0.3 is 0 Å². The second-order valence-corrected chi connectivity index (χ2v) is 5.05. The molecule has 1 fully saturated rings. The molecule has 1 saturated carbocycles. The molecule has 0 bridgehead atoms. The highest BCUT2D eigenvalue weighted by Crippen LogP contribution is 2.29. The molecule has 18 heavy (non-hydrogen) atoms. The van der Waals surface area contributed by atoms with Crippen LogP contribution in [0.3, 0.4) is 0 Å². The standard InChI is InChI=1S/C13H16F2N2O/c1-13(6-2-3-7-13)17-12(18)10-8(14)4-5-9(16)11(10)15/h4-5H,2-3,6-7,16H2,1H3,(H,17,18). The molecule has 2 rings (SSSR count). The second-order valence-electron chi connectivity index (χ2n) is 5.05. The molecule has 3 N–H and O–H groups in total. The summed E-state index contributed by atoms with van der Waals surface area (Å²) in [5, 5.41) is 2.71. The minimum Gasteiger partial charge on any atom is -0.396 e. The quantitative estimate of drug-likeness (QED) is 0.797. The van der Waals surface area contributed by atoms with Crippen molar-refractivity contribution in [3.05, 3.63) is 29.3 Å². The largest absolute Gasteiger partial charge is 0.396 e. The van der Waals surface area contributed by atoms with E-state index < -0.39 is 23.1 Å². The number of hydrogen-bond acceptors (Lipinski definition) is 2. The summed E-state index contributed by atoms with van der Waals surface area (Å²) in [6, 6.07) is 2.11. The molecular formula is C13H16F2N2O. The maximum Gasteiger partial charge on any atom is 0.257 e. The van der Waals surface area contributed by atoms with Gasteiger partial charge in [-0.25, -0.2) is 8.78 Å². The predicted octanol–water partition coefficient (Wildman–Crippen LogP) is 2.61. The number of rotatable bonds is 2. The molecule has 0 atom stereocenters. The van der Waals surface area contributed by atoms with Crippen molar-refractivity contribution in [3.63, 3.8) is 0 Å². The maximum absolute atomic E-state index is 13.7. The molecule has 1 amide bonds. The molecular weight excluding hydrogens is 238 g/mol. The Hall–Kier alpha value is -1.65. The smallest absolute Gasteiger partial charge is 0.257 e. The van der Waals surface area contributed by atoms with E-state index in [0.717, 1.165) is 37.8 Å². The second kappa shape index (κ2) is 4.55. The first-order chi connectivity index (χ1) is 8.43. The number of nitrogens with one attached hydrogen (secondary N) is 1. The van der Waals surface area contributed by atoms with E-state index in [2.05, 4.69) is 5.32 Å². The van der Waals surface area contributed by atoms with Crippen LogP contribution in [0.5, 0.6) is 0 Å². The van der Waals surface area contributed by atoms with Crippen molar-refractivity contribution >= 4 is 11.6 Å². The lowest BCUT2D eigenvalue weighted by atomic mass is 9.99. The molecule has 0 spiro atoms. The number of nitrogens with two attached hydrogens (primary N) is 1. The van der Waals surface area contributed by atoms with Gasteiger partial charge in [0.05, 0.1) is 5.69 Å². The van der Waals surface area contributed by atoms with Gasteiger partial charge in [0.15, 0.2) is 5.82 Å². The molecule has 1 aliphatic carbocycles. The van der Waals surface area contributed by atoms with Crippen LogP contribution in [0.2, 0.25) is 0 Å². The fourth-order valence-corrected chi connectivity index (χ4v) is 2.39. The lowest BCUT2D eigenvalue weighted by molar-refractivity contribution is 0.0899. The minimum absolute atomic E-state index is 0.224. The first-order valence-electron chi connectivity index (χ1n) is 5.99. The summed E-state index contributed by atoms with van der Waals surface area (Å²) in [4.78, 5) is 12.0. The van der Waals surface area contributed by atoms with E-state index in [-0.39, 0.29) is 11.2 Å². The molecule has 1 aromatic carbocycles. The van der Waals surface area contributed by atoms with Gasteiger partial charge in [-0.1, -0.05) is 12.8 Å². The molecule has 5 heteroatoms. The third-order valence-electron chi connectivity index (χ3n) is 3.47. The Balaban J connectivity index is 2.26. The van der Waals surface area contributed by atoms with Gasteiger partial charge in [-0.15, -0.1) is 0 Å². The van der Waals surface area contributed by atoms with Crippen LogP contribution in [-0.4, -0.2) is 11.4 Å². The van der Waals surface area contributed by atoms with Crippen molar-refractivity contribution in [2.24, 2.45) is 0 Å². The molecule has 0 aliphatic heterocycles. The van der Waals surface area contributed by atoms with Gasteiger partial charge in [0.1, 0.15) is 11.4 Å². The topological polar surface area (TPSA) is 55.1 Å². The average molecular weight is 254 g/mol. The Bertz CT molecular complexity index is 482. The van der Waals surface area contributed by atoms with Gasteiger partial charge in [0.25, 0.3) is 5.91 Å². The zero-order chi connectivity index (χ0) is 13.3. The number of hydrogen-bond donors (Lipinski definition) is 2. The molecule has 0 heterocycles. The summed E-state index contributed by atoms with van der Waals surface area (Å²) < 4.78 is 27.2. The third kappa shape index (κ3) is 2.30. The summed E-state index contributed by atoms with van der Waals surface area (Å²) in [5.41, 5.74) is 4.15. The Morgan fingerprint density at radius 2 is 1.94 bits per heavy atom. The average Bonchev–Trinajstić information content (AvgIpc) is 2.71. The number of amides is 1. The number of anilines is 1. The highest BCUT2D eigenvalue weighted by molar-refractivity contribution is 5.96. The van der Waals surface area contributed by atoms with E-state index in [9.17, 15) is 13.6 Å². The fourth-order valence-electron chi connectivity index (χ4n) is 2.39. The van der Waals surface area contributed by atoms with E-state index in [1.807, 2.05) is 6.92 Å². The number of carbonyl (C=O) groups excluding carboxylic acids is 1. The third-order valence-corrected chi connectivity index (χ3v) is 3.47. The van der Waals surface area contributed by atoms with E-state index in [4.69, 9.17) is 5.73 Å². The lowest BCUT2D eigenvalue weighted by Crippen LogP contribution is -2.44. The van der Waals surface area contributed by atoms with E-state index in [0.29, 0.717) is 0 Å². The van der Waals surface area contributed by atoms with Gasteiger partial charge in [0.2, 0.25) is 0 Å². The van der Waals surface area contributed by atoms with E-state index in [1.165, 1.54) is 0 Å². The Morgan fingerprint density at radius 3 is 2.56 bits per heavy atom. The number of halogens is 2. The van der Waals surface area contributed by atoms with Crippen LogP contribution >= 0.6 is 0 Å². The SMILES string of the molecule is CC1(NC(=O)c2c(F)ccc(N)c2F)CCCC1. The summed E-state index contributed by atoms with van der Waals surface area (Å²) in [7, 11) is 0. The molecule has 1 aliphatic rings. The zero-order valence-corrected chi connectivity index (χ0v) is 10.2. The predicted molar refractivity (Wildman–Crippen MR) is 65.1 cm³/mol. The monoisotopic (exact) mass is 254 g/mol. The number of nitrogen functional groups attached to an aromatic ring is 1. The Labute approximate surface area is 104 Å². The van der Waals surface area contributed by atoms with Crippen molar-refractivity contribution in [2.45, 2.75) is 38.1 Å². The zero-order valence-electron chi connectivity index (χ0n) is 10.2. The number of carbonyl (C=O) groups is 1. The molecule has 0 unspecified atom stereocenters. The summed E-state index contributed by atoms with van der Waals surface area (Å²) in [6.45, 7) is 1.89. The molecule has 0 aromatic heterocycles. The summed E-state index contributed by atoms with van der Waals surface area (Å²) >= 11 is 0. The van der Waals surface area contributed by atoms with Crippen molar-refractivity contribution in [2.75, 3.05) is 5.73 Å². The first kappa shape index (κ1) is 12.8. The van der Waals surface area contributed by atoms with Crippen molar-refractivity contribution in [1.82, 2.24) is 5.32 Å². The van der Waals surface area contributed by atoms with Gasteiger partial charge in [-0.3, -0.25) is 4.79 Å². The van der Waals surface area contributed by atoms with E-state index >= 15 is 0 Å². The van der Waals surface area contributed by atoms with Crippen LogP contribution in [0.1, 0.15) is 43.0 Å². The highest BCUT2D eigenvalue weighted by Gasteiger charge is 2.32. The van der Waals surface area contributed by atoms with Gasteiger partial charge in [-0.05, 0) is 31.9 Å². The highest BCUT2D eigenvalue weighted by atomic mass is 19.1. The van der Waals surface area contributed by atoms with Crippen LogP contribution in [0.15, 0.2) is 12.1 Å². The van der Waals surface area contributed by atoms with E-state index in [1.54, 1.807) is 0 Å². The van der Waals surface area contributed by atoms with Crippen molar-refractivity contribution in [3.8, 4) is 0 Å². The van der Waals surface area contributed by atoms with Gasteiger partial charge in [0, 0.05) is 5.54 Å². The first-order valence-corrected chi connectivity index (χ1v) is 5.99. The van der Waals surface area contributed by atoms with Crippen LogP contribution in [0, 0.1) is 11.6 Å². The fraction of sp³-hybridized carbons (Fsp3) is 0.462.